The van der Waals surface area contributed by atoms with Gasteiger partial charge in [0.25, 0.3) is 0 Å². The monoisotopic (exact) mass is 403 g/mol. The summed E-state index contributed by atoms with van der Waals surface area (Å²) in [6, 6.07) is 8.50. The molecule has 0 saturated carbocycles. The number of carbonyl (C=O) groups excluding carboxylic acids is 1. The third kappa shape index (κ3) is 8.72. The van der Waals surface area contributed by atoms with Crippen molar-refractivity contribution in [2.24, 2.45) is 11.8 Å². The molecule has 1 aliphatic heterocycles. The van der Waals surface area contributed by atoms with E-state index in [1.807, 2.05) is 7.05 Å². The van der Waals surface area contributed by atoms with Gasteiger partial charge in [0.1, 0.15) is 0 Å². The summed E-state index contributed by atoms with van der Waals surface area (Å²) in [6.07, 6.45) is 2.80. The minimum absolute atomic E-state index is 0. The fourth-order valence-electron chi connectivity index (χ4n) is 3.75. The standard InChI is InChI=1S/C20H33N3O.2ClH/c1-16-11-17(2)14-23(13-16)15-19-8-5-4-7-18(19)12-22-20(24)9-6-10-21-3;;/h4-5,7-8,16-17,21H,6,9-15H2,1-3H3,(H,22,24);2*1H. The number of rotatable bonds is 8. The van der Waals surface area contributed by atoms with E-state index in [-0.39, 0.29) is 30.7 Å². The van der Waals surface area contributed by atoms with Gasteiger partial charge >= 0.3 is 0 Å². The van der Waals surface area contributed by atoms with E-state index < -0.39 is 0 Å². The van der Waals surface area contributed by atoms with Crippen LogP contribution >= 0.6 is 24.8 Å². The van der Waals surface area contributed by atoms with Crippen LogP contribution in [0.25, 0.3) is 0 Å². The van der Waals surface area contributed by atoms with E-state index in [0.29, 0.717) is 13.0 Å². The molecule has 0 bridgehead atoms. The predicted molar refractivity (Wildman–Crippen MR) is 114 cm³/mol. The Labute approximate surface area is 171 Å². The molecule has 150 valence electrons. The first-order valence-electron chi connectivity index (χ1n) is 9.29. The molecule has 1 fully saturated rings. The molecule has 1 aromatic rings. The third-order valence-electron chi connectivity index (χ3n) is 4.76. The van der Waals surface area contributed by atoms with E-state index in [2.05, 4.69) is 53.6 Å². The van der Waals surface area contributed by atoms with Crippen molar-refractivity contribution in [3.05, 3.63) is 35.4 Å². The lowest BCUT2D eigenvalue weighted by Gasteiger charge is -2.35. The lowest BCUT2D eigenvalue weighted by Crippen LogP contribution is -2.38. The van der Waals surface area contributed by atoms with Crippen molar-refractivity contribution in [2.75, 3.05) is 26.7 Å². The Morgan fingerprint density at radius 1 is 1.12 bits per heavy atom. The van der Waals surface area contributed by atoms with E-state index in [1.54, 1.807) is 0 Å². The molecular formula is C20H35Cl2N3O. The molecule has 4 nitrogen and oxygen atoms in total. The van der Waals surface area contributed by atoms with Gasteiger partial charge in [-0.1, -0.05) is 38.1 Å². The molecule has 1 saturated heterocycles. The number of nitrogens with one attached hydrogen (secondary N) is 2. The molecule has 2 rings (SSSR count). The Morgan fingerprint density at radius 2 is 1.73 bits per heavy atom. The number of hydrogen-bond acceptors (Lipinski definition) is 3. The van der Waals surface area contributed by atoms with Crippen LogP contribution in [-0.2, 0) is 17.9 Å². The minimum Gasteiger partial charge on any atom is -0.352 e. The van der Waals surface area contributed by atoms with Crippen LogP contribution in [-0.4, -0.2) is 37.5 Å². The summed E-state index contributed by atoms with van der Waals surface area (Å²) >= 11 is 0. The molecule has 1 heterocycles. The number of hydrogen-bond donors (Lipinski definition) is 2. The van der Waals surface area contributed by atoms with Gasteiger partial charge in [0.05, 0.1) is 0 Å². The molecular weight excluding hydrogens is 369 g/mol. The van der Waals surface area contributed by atoms with Crippen LogP contribution in [0.2, 0.25) is 0 Å². The van der Waals surface area contributed by atoms with Gasteiger partial charge in [-0.2, -0.15) is 0 Å². The summed E-state index contributed by atoms with van der Waals surface area (Å²) in [7, 11) is 1.91. The third-order valence-corrected chi connectivity index (χ3v) is 4.76. The molecule has 1 aliphatic rings. The maximum atomic E-state index is 11.9. The molecule has 0 aliphatic carbocycles. The molecule has 0 aromatic heterocycles. The van der Waals surface area contributed by atoms with Crippen LogP contribution in [0.1, 0.15) is 44.2 Å². The van der Waals surface area contributed by atoms with Crippen molar-refractivity contribution >= 4 is 30.7 Å². The van der Waals surface area contributed by atoms with Crippen molar-refractivity contribution in [1.82, 2.24) is 15.5 Å². The Morgan fingerprint density at radius 3 is 2.35 bits per heavy atom. The summed E-state index contributed by atoms with van der Waals surface area (Å²) in [4.78, 5) is 14.5. The van der Waals surface area contributed by atoms with Crippen molar-refractivity contribution in [3.8, 4) is 0 Å². The quantitative estimate of drug-likeness (QED) is 0.651. The molecule has 2 atom stereocenters. The molecule has 2 unspecified atom stereocenters. The van der Waals surface area contributed by atoms with Crippen LogP contribution in [0, 0.1) is 11.8 Å². The van der Waals surface area contributed by atoms with Crippen LogP contribution in [0.5, 0.6) is 0 Å². The lowest BCUT2D eigenvalue weighted by molar-refractivity contribution is -0.121. The Hall–Kier alpha value is -0.810. The summed E-state index contributed by atoms with van der Waals surface area (Å²) in [5.41, 5.74) is 2.58. The van der Waals surface area contributed by atoms with Crippen molar-refractivity contribution in [2.45, 2.75) is 46.2 Å². The van der Waals surface area contributed by atoms with Crippen molar-refractivity contribution in [1.29, 1.82) is 0 Å². The van der Waals surface area contributed by atoms with E-state index in [4.69, 9.17) is 0 Å². The molecule has 2 N–H and O–H groups in total. The van der Waals surface area contributed by atoms with E-state index >= 15 is 0 Å². The first kappa shape index (κ1) is 25.2. The predicted octanol–water partition coefficient (Wildman–Crippen LogP) is 3.62. The summed E-state index contributed by atoms with van der Waals surface area (Å²) in [5.74, 6) is 1.68. The molecule has 0 spiro atoms. The average molecular weight is 404 g/mol. The van der Waals surface area contributed by atoms with Gasteiger partial charge in [-0.25, -0.2) is 0 Å². The first-order chi connectivity index (χ1) is 11.6. The van der Waals surface area contributed by atoms with Gasteiger partial charge in [0, 0.05) is 32.6 Å². The van der Waals surface area contributed by atoms with E-state index in [1.165, 1.54) is 30.6 Å². The summed E-state index contributed by atoms with van der Waals surface area (Å²) in [5, 5.41) is 6.14. The minimum atomic E-state index is 0. The van der Waals surface area contributed by atoms with Crippen molar-refractivity contribution < 1.29 is 4.79 Å². The number of likely N-dealkylation sites (tertiary alicyclic amines) is 1. The van der Waals surface area contributed by atoms with Gasteiger partial charge in [0.2, 0.25) is 5.91 Å². The fraction of sp³-hybridized carbons (Fsp3) is 0.650. The highest BCUT2D eigenvalue weighted by atomic mass is 35.5. The smallest absolute Gasteiger partial charge is 0.220 e. The zero-order chi connectivity index (χ0) is 17.4. The Bertz CT molecular complexity index is 518. The van der Waals surface area contributed by atoms with Gasteiger partial charge in [-0.15, -0.1) is 24.8 Å². The highest BCUT2D eigenvalue weighted by Gasteiger charge is 2.22. The lowest BCUT2D eigenvalue weighted by atomic mass is 9.91. The number of carbonyl (C=O) groups is 1. The second-order valence-corrected chi connectivity index (χ2v) is 7.39. The van der Waals surface area contributed by atoms with Gasteiger partial charge in [-0.3, -0.25) is 9.69 Å². The summed E-state index contributed by atoms with van der Waals surface area (Å²) < 4.78 is 0. The second kappa shape index (κ2) is 13.4. The molecule has 0 radical (unpaired) electrons. The number of halogens is 2. The maximum Gasteiger partial charge on any atom is 0.220 e. The maximum absolute atomic E-state index is 11.9. The highest BCUT2D eigenvalue weighted by Crippen LogP contribution is 2.23. The number of piperidine rings is 1. The molecule has 1 aromatic carbocycles. The second-order valence-electron chi connectivity index (χ2n) is 7.39. The van der Waals surface area contributed by atoms with Crippen LogP contribution in [0.15, 0.2) is 24.3 Å². The number of benzene rings is 1. The fourth-order valence-corrected chi connectivity index (χ4v) is 3.75. The van der Waals surface area contributed by atoms with Gasteiger partial charge < -0.3 is 10.6 Å². The normalized spacial score (nSPS) is 20.0. The Kier molecular flexibility index (Phi) is 13.0. The van der Waals surface area contributed by atoms with Crippen LogP contribution < -0.4 is 10.6 Å². The zero-order valence-corrected chi connectivity index (χ0v) is 17.9. The molecule has 26 heavy (non-hydrogen) atoms. The average Bonchev–Trinajstić information content (AvgIpc) is 2.53. The van der Waals surface area contributed by atoms with Crippen LogP contribution in [0.3, 0.4) is 0 Å². The van der Waals surface area contributed by atoms with Gasteiger partial charge in [-0.05, 0) is 49.4 Å². The van der Waals surface area contributed by atoms with Crippen molar-refractivity contribution in [3.63, 3.8) is 0 Å². The highest BCUT2D eigenvalue weighted by molar-refractivity contribution is 5.85. The Balaban J connectivity index is 0.00000312. The largest absolute Gasteiger partial charge is 0.352 e. The number of nitrogens with zero attached hydrogens (tertiary/aromatic N) is 1. The summed E-state index contributed by atoms with van der Waals surface area (Å²) in [6.45, 7) is 9.55. The van der Waals surface area contributed by atoms with Gasteiger partial charge in [0.15, 0.2) is 0 Å². The topological polar surface area (TPSA) is 44.4 Å². The molecule has 6 heteroatoms. The van der Waals surface area contributed by atoms with E-state index in [9.17, 15) is 4.79 Å². The SMILES string of the molecule is CNCCCC(=O)NCc1ccccc1CN1CC(C)CC(C)C1.Cl.Cl. The number of amides is 1. The van der Waals surface area contributed by atoms with Crippen LogP contribution in [0.4, 0.5) is 0 Å². The zero-order valence-electron chi connectivity index (χ0n) is 16.3. The molecule has 1 amide bonds. The first-order valence-corrected chi connectivity index (χ1v) is 9.29. The van der Waals surface area contributed by atoms with E-state index in [0.717, 1.165) is 31.3 Å².